The Morgan fingerprint density at radius 1 is 1.50 bits per heavy atom. The summed E-state index contributed by atoms with van der Waals surface area (Å²) in [6.45, 7) is 0.370. The summed E-state index contributed by atoms with van der Waals surface area (Å²) in [6, 6.07) is 1.96. The standard InChI is InChI=1S/C10H13ClN2O6S/c1-6-9(11)2-8(3-10(6)13(16)17)20(18,19)12-4-7(15)5-14/h2-3,7,12,14-15H,4-5H2,1H3. The first-order valence-electron chi connectivity index (χ1n) is 5.42. The molecule has 0 aliphatic rings. The van der Waals surface area contributed by atoms with E-state index < -0.39 is 39.9 Å². The summed E-state index contributed by atoms with van der Waals surface area (Å²) in [5.41, 5.74) is -0.258. The first kappa shape index (κ1) is 16.8. The summed E-state index contributed by atoms with van der Waals surface area (Å²) in [7, 11) is -4.07. The lowest BCUT2D eigenvalue weighted by Gasteiger charge is -2.11. The number of nitro groups is 1. The van der Waals surface area contributed by atoms with E-state index in [9.17, 15) is 18.5 Å². The van der Waals surface area contributed by atoms with Gasteiger partial charge in [0.1, 0.15) is 0 Å². The Morgan fingerprint density at radius 3 is 2.60 bits per heavy atom. The van der Waals surface area contributed by atoms with Crippen molar-refractivity contribution in [1.82, 2.24) is 4.72 Å². The fourth-order valence-electron chi connectivity index (χ4n) is 1.34. The Labute approximate surface area is 120 Å². The number of aliphatic hydroxyl groups excluding tert-OH is 2. The van der Waals surface area contributed by atoms with Gasteiger partial charge in [-0.2, -0.15) is 0 Å². The Hall–Kier alpha value is -1.26. The maximum Gasteiger partial charge on any atom is 0.275 e. The van der Waals surface area contributed by atoms with Crippen LogP contribution in [0.5, 0.6) is 0 Å². The van der Waals surface area contributed by atoms with Crippen LogP contribution in [0.1, 0.15) is 5.56 Å². The fraction of sp³-hybridized carbons (Fsp3) is 0.400. The third-order valence-corrected chi connectivity index (χ3v) is 4.31. The third kappa shape index (κ3) is 3.87. The number of aliphatic hydroxyl groups is 2. The molecule has 1 rings (SSSR count). The topological polar surface area (TPSA) is 130 Å². The summed E-state index contributed by atoms with van der Waals surface area (Å²) in [5, 5.41) is 28.5. The molecule has 0 amide bonds. The number of hydrogen-bond acceptors (Lipinski definition) is 6. The van der Waals surface area contributed by atoms with Crippen molar-refractivity contribution in [3.05, 3.63) is 32.8 Å². The van der Waals surface area contributed by atoms with Crippen LogP contribution in [0.3, 0.4) is 0 Å². The number of halogens is 1. The predicted octanol–water partition coefficient (Wildman–Crippen LogP) is 0.188. The molecular formula is C10H13ClN2O6S. The van der Waals surface area contributed by atoms with Gasteiger partial charge in [0.25, 0.3) is 5.69 Å². The molecule has 0 bridgehead atoms. The highest BCUT2D eigenvalue weighted by Crippen LogP contribution is 2.29. The maximum absolute atomic E-state index is 11.9. The first-order chi connectivity index (χ1) is 9.19. The summed E-state index contributed by atoms with van der Waals surface area (Å²) in [4.78, 5) is 9.71. The van der Waals surface area contributed by atoms with Gasteiger partial charge in [-0.15, -0.1) is 0 Å². The minimum absolute atomic E-state index is 0.0534. The summed E-state index contributed by atoms with van der Waals surface area (Å²) >= 11 is 5.77. The smallest absolute Gasteiger partial charge is 0.275 e. The lowest BCUT2D eigenvalue weighted by atomic mass is 10.2. The van der Waals surface area contributed by atoms with Gasteiger partial charge in [-0.25, -0.2) is 13.1 Å². The summed E-state index contributed by atoms with van der Waals surface area (Å²) in [6.07, 6.45) is -1.26. The molecular weight excluding hydrogens is 312 g/mol. The number of benzene rings is 1. The molecule has 8 nitrogen and oxygen atoms in total. The SMILES string of the molecule is Cc1c(Cl)cc(S(=O)(=O)NCC(O)CO)cc1[N+](=O)[O-]. The quantitative estimate of drug-likeness (QED) is 0.506. The van der Waals surface area contributed by atoms with Crippen LogP contribution in [0.4, 0.5) is 5.69 Å². The lowest BCUT2D eigenvalue weighted by molar-refractivity contribution is -0.385. The minimum atomic E-state index is -4.07. The van der Waals surface area contributed by atoms with Crippen molar-refractivity contribution in [2.75, 3.05) is 13.2 Å². The molecule has 0 heterocycles. The number of nitrogens with zero attached hydrogens (tertiary/aromatic N) is 1. The first-order valence-corrected chi connectivity index (χ1v) is 7.28. The van der Waals surface area contributed by atoms with Crippen LogP contribution in [0.25, 0.3) is 0 Å². The molecule has 1 atom stereocenters. The molecule has 0 saturated heterocycles. The molecule has 0 fully saturated rings. The van der Waals surface area contributed by atoms with E-state index >= 15 is 0 Å². The van der Waals surface area contributed by atoms with E-state index in [-0.39, 0.29) is 15.5 Å². The van der Waals surface area contributed by atoms with Gasteiger partial charge in [0.15, 0.2) is 0 Å². The van der Waals surface area contributed by atoms with E-state index in [0.717, 1.165) is 12.1 Å². The Bertz CT molecular complexity index is 618. The Balaban J connectivity index is 3.16. The van der Waals surface area contributed by atoms with Gasteiger partial charge >= 0.3 is 0 Å². The van der Waals surface area contributed by atoms with Crippen LogP contribution in [-0.4, -0.2) is 42.8 Å². The monoisotopic (exact) mass is 324 g/mol. The van der Waals surface area contributed by atoms with Gasteiger partial charge in [0.2, 0.25) is 10.0 Å². The molecule has 0 radical (unpaired) electrons. The molecule has 1 aromatic rings. The van der Waals surface area contributed by atoms with E-state index in [1.165, 1.54) is 6.92 Å². The van der Waals surface area contributed by atoms with Crippen LogP contribution < -0.4 is 4.72 Å². The second-order valence-electron chi connectivity index (χ2n) is 3.99. The number of rotatable bonds is 6. The molecule has 0 saturated carbocycles. The zero-order valence-corrected chi connectivity index (χ0v) is 12.0. The summed E-state index contributed by atoms with van der Waals surface area (Å²) in [5.74, 6) is 0. The van der Waals surface area contributed by atoms with Crippen LogP contribution in [0.2, 0.25) is 5.02 Å². The van der Waals surface area contributed by atoms with E-state index in [2.05, 4.69) is 0 Å². The second-order valence-corrected chi connectivity index (χ2v) is 6.17. The van der Waals surface area contributed by atoms with Crippen LogP contribution >= 0.6 is 11.6 Å². The molecule has 0 aliphatic carbocycles. The van der Waals surface area contributed by atoms with Crippen molar-refractivity contribution in [2.45, 2.75) is 17.9 Å². The van der Waals surface area contributed by atoms with Crippen LogP contribution in [-0.2, 0) is 10.0 Å². The second kappa shape index (κ2) is 6.46. The molecule has 112 valence electrons. The molecule has 0 spiro atoms. The molecule has 10 heteroatoms. The maximum atomic E-state index is 11.9. The predicted molar refractivity (Wildman–Crippen MR) is 71.1 cm³/mol. The minimum Gasteiger partial charge on any atom is -0.394 e. The molecule has 0 aromatic heterocycles. The highest BCUT2D eigenvalue weighted by molar-refractivity contribution is 7.89. The normalized spacial score (nSPS) is 13.2. The van der Waals surface area contributed by atoms with Crippen molar-refractivity contribution < 1.29 is 23.6 Å². The van der Waals surface area contributed by atoms with Crippen molar-refractivity contribution in [3.8, 4) is 0 Å². The number of nitro benzene ring substituents is 1. The van der Waals surface area contributed by atoms with Gasteiger partial charge in [-0.1, -0.05) is 11.6 Å². The van der Waals surface area contributed by atoms with Crippen molar-refractivity contribution in [1.29, 1.82) is 0 Å². The molecule has 20 heavy (non-hydrogen) atoms. The van der Waals surface area contributed by atoms with E-state index in [1.54, 1.807) is 0 Å². The van der Waals surface area contributed by atoms with Crippen molar-refractivity contribution in [3.63, 3.8) is 0 Å². The zero-order chi connectivity index (χ0) is 15.5. The van der Waals surface area contributed by atoms with Crippen molar-refractivity contribution in [2.24, 2.45) is 0 Å². The Morgan fingerprint density at radius 2 is 2.10 bits per heavy atom. The third-order valence-electron chi connectivity index (χ3n) is 2.52. The van der Waals surface area contributed by atoms with Gasteiger partial charge in [0.05, 0.1) is 27.6 Å². The number of nitrogens with one attached hydrogen (secondary N) is 1. The highest BCUT2D eigenvalue weighted by Gasteiger charge is 2.22. The molecule has 0 aliphatic heterocycles. The summed E-state index contributed by atoms with van der Waals surface area (Å²) < 4.78 is 25.8. The van der Waals surface area contributed by atoms with E-state index in [4.69, 9.17) is 21.8 Å². The van der Waals surface area contributed by atoms with Gasteiger partial charge in [0, 0.05) is 18.2 Å². The molecule has 1 unspecified atom stereocenters. The van der Waals surface area contributed by atoms with E-state index in [0.29, 0.717) is 0 Å². The molecule has 3 N–H and O–H groups in total. The highest BCUT2D eigenvalue weighted by atomic mass is 35.5. The number of hydrogen-bond donors (Lipinski definition) is 3. The fourth-order valence-corrected chi connectivity index (χ4v) is 2.74. The van der Waals surface area contributed by atoms with Gasteiger partial charge < -0.3 is 10.2 Å². The van der Waals surface area contributed by atoms with Crippen LogP contribution in [0, 0.1) is 17.0 Å². The zero-order valence-electron chi connectivity index (χ0n) is 10.4. The number of sulfonamides is 1. The van der Waals surface area contributed by atoms with Crippen LogP contribution in [0.15, 0.2) is 17.0 Å². The average molecular weight is 325 g/mol. The largest absolute Gasteiger partial charge is 0.394 e. The average Bonchev–Trinajstić information content (AvgIpc) is 2.38. The Kier molecular flexibility index (Phi) is 5.42. The molecule has 1 aromatic carbocycles. The van der Waals surface area contributed by atoms with Gasteiger partial charge in [-0.3, -0.25) is 10.1 Å². The lowest BCUT2D eigenvalue weighted by Crippen LogP contribution is -2.33. The van der Waals surface area contributed by atoms with E-state index in [1.807, 2.05) is 4.72 Å². The van der Waals surface area contributed by atoms with Gasteiger partial charge in [-0.05, 0) is 13.0 Å². The van der Waals surface area contributed by atoms with Crippen molar-refractivity contribution >= 4 is 27.3 Å².